The zero-order chi connectivity index (χ0) is 18.5. The van der Waals surface area contributed by atoms with Crippen LogP contribution in [0, 0.1) is 0 Å². The van der Waals surface area contributed by atoms with Crippen LogP contribution >= 0.6 is 0 Å². The van der Waals surface area contributed by atoms with Crippen LogP contribution in [-0.2, 0) is 21.2 Å². The highest BCUT2D eigenvalue weighted by atomic mass is 32.2. The minimum Gasteiger partial charge on any atom is -0.349 e. The van der Waals surface area contributed by atoms with E-state index in [1.165, 1.54) is 6.07 Å². The van der Waals surface area contributed by atoms with Crippen LogP contribution in [0.15, 0.2) is 57.8 Å². The number of hydrogen-bond donors (Lipinski definition) is 0. The van der Waals surface area contributed by atoms with Gasteiger partial charge in [-0.1, -0.05) is 30.3 Å². The fourth-order valence-electron chi connectivity index (χ4n) is 3.66. The lowest BCUT2D eigenvalue weighted by atomic mass is 10.1. The zero-order valence-corrected chi connectivity index (χ0v) is 15.4. The lowest BCUT2D eigenvalue weighted by Crippen LogP contribution is -2.43. The van der Waals surface area contributed by atoms with Gasteiger partial charge in [0.05, 0.1) is 6.54 Å². The van der Waals surface area contributed by atoms with E-state index in [2.05, 4.69) is 4.40 Å². The van der Waals surface area contributed by atoms with Crippen molar-refractivity contribution in [3.63, 3.8) is 0 Å². The molecule has 2 aliphatic heterocycles. The molecule has 1 unspecified atom stereocenters. The lowest BCUT2D eigenvalue weighted by molar-refractivity contribution is -0.119. The van der Waals surface area contributed by atoms with E-state index >= 15 is 0 Å². The highest BCUT2D eigenvalue weighted by Crippen LogP contribution is 2.32. The van der Waals surface area contributed by atoms with Crippen LogP contribution in [0.1, 0.15) is 18.1 Å². The Morgan fingerprint density at radius 3 is 2.69 bits per heavy atom. The Balaban J connectivity index is 1.60. The van der Waals surface area contributed by atoms with Gasteiger partial charge in [-0.3, -0.25) is 4.79 Å². The first-order valence-electron chi connectivity index (χ1n) is 8.44. The summed E-state index contributed by atoms with van der Waals surface area (Å²) in [6.07, 6.45) is 0.823. The van der Waals surface area contributed by atoms with Crippen molar-refractivity contribution < 1.29 is 13.2 Å². The number of benzene rings is 2. The second-order valence-electron chi connectivity index (χ2n) is 6.69. The van der Waals surface area contributed by atoms with Crippen molar-refractivity contribution >= 4 is 27.5 Å². The normalized spacial score (nSPS) is 19.7. The van der Waals surface area contributed by atoms with Gasteiger partial charge in [-0.2, -0.15) is 8.42 Å². The molecule has 2 aromatic rings. The van der Waals surface area contributed by atoms with Gasteiger partial charge in [-0.25, -0.2) is 0 Å². The molecule has 0 bridgehead atoms. The van der Waals surface area contributed by atoms with E-state index in [0.717, 1.165) is 17.7 Å². The fourth-order valence-corrected chi connectivity index (χ4v) is 4.91. The summed E-state index contributed by atoms with van der Waals surface area (Å²) in [6.45, 7) is 2.08. The van der Waals surface area contributed by atoms with Gasteiger partial charge in [0.2, 0.25) is 5.91 Å². The Hall–Kier alpha value is -2.67. The number of carbonyl (C=O) groups excluding carboxylic acids is 1. The minimum atomic E-state index is -3.69. The molecule has 1 atom stereocenters. The van der Waals surface area contributed by atoms with Crippen LogP contribution in [0.2, 0.25) is 0 Å². The van der Waals surface area contributed by atoms with Gasteiger partial charge in [0.15, 0.2) is 5.84 Å². The lowest BCUT2D eigenvalue weighted by Gasteiger charge is -2.26. The van der Waals surface area contributed by atoms with Crippen LogP contribution < -0.4 is 4.90 Å². The number of fused-ring (bicyclic) bond motifs is 2. The van der Waals surface area contributed by atoms with Crippen molar-refractivity contribution in [2.24, 2.45) is 4.40 Å². The topological polar surface area (TPSA) is 70.1 Å². The molecule has 134 valence electrons. The van der Waals surface area contributed by atoms with E-state index in [4.69, 9.17) is 0 Å². The van der Waals surface area contributed by atoms with Gasteiger partial charge < -0.3 is 9.80 Å². The number of rotatable bonds is 2. The second kappa shape index (κ2) is 5.95. The van der Waals surface area contributed by atoms with Crippen molar-refractivity contribution in [3.05, 3.63) is 59.7 Å². The molecule has 0 radical (unpaired) electrons. The van der Waals surface area contributed by atoms with Gasteiger partial charge in [-0.15, -0.1) is 4.40 Å². The summed E-state index contributed by atoms with van der Waals surface area (Å²) in [7, 11) is -2.00. The van der Waals surface area contributed by atoms with E-state index < -0.39 is 10.0 Å². The van der Waals surface area contributed by atoms with Crippen LogP contribution in [0.5, 0.6) is 0 Å². The largest absolute Gasteiger partial charge is 0.349 e. The molecular weight excluding hydrogens is 350 g/mol. The number of carbonyl (C=O) groups is 1. The number of sulfonamides is 1. The van der Waals surface area contributed by atoms with Crippen molar-refractivity contribution in [2.45, 2.75) is 24.3 Å². The Morgan fingerprint density at radius 2 is 1.88 bits per heavy atom. The standard InChI is InChI=1S/C19H19N3O3S/c1-13-11-14-7-3-5-9-16(14)22(13)18(23)12-21(2)19-15-8-4-6-10-17(15)26(24,25)20-19/h3-10,13H,11-12H2,1-2H3. The third-order valence-electron chi connectivity index (χ3n) is 4.82. The summed E-state index contributed by atoms with van der Waals surface area (Å²) in [5, 5.41) is 0. The molecule has 1 amide bonds. The Kier molecular flexibility index (Phi) is 3.84. The highest BCUT2D eigenvalue weighted by molar-refractivity contribution is 7.90. The maximum Gasteiger partial charge on any atom is 0.285 e. The molecule has 4 rings (SSSR count). The van der Waals surface area contributed by atoms with Gasteiger partial charge in [-0.05, 0) is 37.1 Å². The van der Waals surface area contributed by atoms with E-state index in [-0.39, 0.29) is 23.4 Å². The smallest absolute Gasteiger partial charge is 0.285 e. The van der Waals surface area contributed by atoms with Crippen LogP contribution in [-0.4, -0.2) is 44.7 Å². The molecule has 0 saturated heterocycles. The molecule has 0 N–H and O–H groups in total. The van der Waals surface area contributed by atoms with Gasteiger partial charge >= 0.3 is 0 Å². The number of amidine groups is 1. The molecule has 2 aromatic carbocycles. The maximum atomic E-state index is 12.9. The quantitative estimate of drug-likeness (QED) is 0.812. The van der Waals surface area contributed by atoms with E-state index in [1.807, 2.05) is 31.2 Å². The van der Waals surface area contributed by atoms with Gasteiger partial charge in [0.25, 0.3) is 10.0 Å². The van der Waals surface area contributed by atoms with Gasteiger partial charge in [0.1, 0.15) is 4.90 Å². The molecule has 6 nitrogen and oxygen atoms in total. The highest BCUT2D eigenvalue weighted by Gasteiger charge is 2.34. The molecule has 0 spiro atoms. The average molecular weight is 369 g/mol. The number of amides is 1. The predicted octanol–water partition coefficient (Wildman–Crippen LogP) is 2.05. The summed E-state index contributed by atoms with van der Waals surface area (Å²) in [5.74, 6) is 0.239. The molecule has 26 heavy (non-hydrogen) atoms. The number of para-hydroxylation sites is 1. The molecule has 0 fully saturated rings. The Morgan fingerprint density at radius 1 is 1.19 bits per heavy atom. The van der Waals surface area contributed by atoms with E-state index in [1.54, 1.807) is 35.0 Å². The first kappa shape index (κ1) is 16.8. The summed E-state index contributed by atoms with van der Waals surface area (Å²) >= 11 is 0. The Bertz CT molecular complexity index is 1030. The first-order valence-corrected chi connectivity index (χ1v) is 9.88. The van der Waals surface area contributed by atoms with E-state index in [0.29, 0.717) is 11.4 Å². The fraction of sp³-hybridized carbons (Fsp3) is 0.263. The Labute approximate surface area is 152 Å². The van der Waals surface area contributed by atoms with Crippen LogP contribution in [0.4, 0.5) is 5.69 Å². The maximum absolute atomic E-state index is 12.9. The molecule has 7 heteroatoms. The van der Waals surface area contributed by atoms with Crippen molar-refractivity contribution in [1.29, 1.82) is 0 Å². The summed E-state index contributed by atoms with van der Waals surface area (Å²) in [6, 6.07) is 14.6. The molecule has 0 aliphatic carbocycles. The summed E-state index contributed by atoms with van der Waals surface area (Å²) in [4.78, 5) is 16.5. The van der Waals surface area contributed by atoms with Crippen LogP contribution in [0.3, 0.4) is 0 Å². The molecule has 2 heterocycles. The third kappa shape index (κ3) is 2.59. The SMILES string of the molecule is CC1Cc2ccccc2N1C(=O)CN(C)C1=NS(=O)(=O)c2ccccc21. The number of anilines is 1. The van der Waals surface area contributed by atoms with Crippen molar-refractivity contribution in [3.8, 4) is 0 Å². The summed E-state index contributed by atoms with van der Waals surface area (Å²) < 4.78 is 28.3. The minimum absolute atomic E-state index is 0.0569. The number of hydrogen-bond acceptors (Lipinski definition) is 4. The van der Waals surface area contributed by atoms with E-state index in [9.17, 15) is 13.2 Å². The zero-order valence-electron chi connectivity index (χ0n) is 14.6. The average Bonchev–Trinajstić information content (AvgIpc) is 3.08. The van der Waals surface area contributed by atoms with Crippen molar-refractivity contribution in [2.75, 3.05) is 18.5 Å². The summed E-state index contributed by atoms with van der Waals surface area (Å²) in [5.41, 5.74) is 2.62. The number of likely N-dealkylation sites (N-methyl/N-ethyl adjacent to an activating group) is 1. The van der Waals surface area contributed by atoms with Crippen LogP contribution in [0.25, 0.3) is 0 Å². The molecule has 0 saturated carbocycles. The number of nitrogens with zero attached hydrogens (tertiary/aromatic N) is 3. The predicted molar refractivity (Wildman–Crippen MR) is 99.9 cm³/mol. The molecule has 2 aliphatic rings. The molecular formula is C19H19N3O3S. The second-order valence-corrected chi connectivity index (χ2v) is 8.26. The molecule has 0 aromatic heterocycles. The van der Waals surface area contributed by atoms with Gasteiger partial charge in [0, 0.05) is 24.3 Å². The third-order valence-corrected chi connectivity index (χ3v) is 6.15. The monoisotopic (exact) mass is 369 g/mol. The van der Waals surface area contributed by atoms with Crippen molar-refractivity contribution in [1.82, 2.24) is 4.90 Å². The first-order chi connectivity index (χ1) is 12.4.